The van der Waals surface area contributed by atoms with Crippen molar-refractivity contribution < 1.29 is 14.6 Å². The van der Waals surface area contributed by atoms with Crippen LogP contribution in [0, 0.1) is 0 Å². The first-order valence-corrected chi connectivity index (χ1v) is 6.53. The van der Waals surface area contributed by atoms with Gasteiger partial charge in [-0.15, -0.1) is 0 Å². The van der Waals surface area contributed by atoms with Crippen LogP contribution in [0.5, 0.6) is 11.6 Å². The van der Waals surface area contributed by atoms with Gasteiger partial charge < -0.3 is 9.84 Å². The summed E-state index contributed by atoms with van der Waals surface area (Å²) in [6.07, 6.45) is 0. The number of hydrogen-bond donors (Lipinski definition) is 1. The van der Waals surface area contributed by atoms with E-state index in [0.29, 0.717) is 11.7 Å². The van der Waals surface area contributed by atoms with Crippen molar-refractivity contribution >= 4 is 17.6 Å². The number of aromatic nitrogens is 1. The molecule has 0 saturated carbocycles. The van der Waals surface area contributed by atoms with Crippen molar-refractivity contribution in [3.8, 4) is 11.6 Å². The highest BCUT2D eigenvalue weighted by molar-refractivity contribution is 6.33. The molecule has 0 bridgehead atoms. The van der Waals surface area contributed by atoms with Gasteiger partial charge in [-0.05, 0) is 29.7 Å². The summed E-state index contributed by atoms with van der Waals surface area (Å²) in [4.78, 5) is 14.8. The average Bonchev–Trinajstić information content (AvgIpc) is 2.41. The number of benzene rings is 1. The quantitative estimate of drug-likeness (QED) is 0.910. The normalized spacial score (nSPS) is 10.6. The predicted octanol–water partition coefficient (Wildman–Crippen LogP) is 4.35. The molecule has 0 aliphatic heterocycles. The second-order valence-corrected chi connectivity index (χ2v) is 5.02. The van der Waals surface area contributed by atoms with Gasteiger partial charge in [-0.2, -0.15) is 0 Å². The minimum Gasteiger partial charge on any atom is -0.476 e. The summed E-state index contributed by atoms with van der Waals surface area (Å²) < 4.78 is 5.53. The van der Waals surface area contributed by atoms with E-state index >= 15 is 0 Å². The number of rotatable bonds is 4. The zero-order valence-corrected chi connectivity index (χ0v) is 11.9. The lowest BCUT2D eigenvalue weighted by atomic mass is 10.0. The number of carbonyl (C=O) groups is 1. The SMILES string of the molecule is CC(C)c1ccc(Oc2ccc(Cl)c(C(=O)O)n2)cc1. The van der Waals surface area contributed by atoms with E-state index in [0.717, 1.165) is 0 Å². The molecular formula is C15H14ClNO3. The Balaban J connectivity index is 2.21. The van der Waals surface area contributed by atoms with Crippen LogP contribution in [0.3, 0.4) is 0 Å². The van der Waals surface area contributed by atoms with Gasteiger partial charge >= 0.3 is 5.97 Å². The van der Waals surface area contributed by atoms with E-state index in [4.69, 9.17) is 21.4 Å². The average molecular weight is 292 g/mol. The Kier molecular flexibility index (Phi) is 4.25. The summed E-state index contributed by atoms with van der Waals surface area (Å²) >= 11 is 5.75. The minimum absolute atomic E-state index is 0.0833. The van der Waals surface area contributed by atoms with Crippen molar-refractivity contribution in [3.05, 3.63) is 52.7 Å². The van der Waals surface area contributed by atoms with Crippen LogP contribution in [-0.2, 0) is 0 Å². The molecule has 1 aromatic carbocycles. The maximum Gasteiger partial charge on any atom is 0.356 e. The summed E-state index contributed by atoms with van der Waals surface area (Å²) in [6.45, 7) is 4.21. The molecule has 20 heavy (non-hydrogen) atoms. The molecule has 0 spiro atoms. The van der Waals surface area contributed by atoms with Gasteiger partial charge in [0.1, 0.15) is 5.75 Å². The highest BCUT2D eigenvalue weighted by Crippen LogP contribution is 2.25. The molecular weight excluding hydrogens is 278 g/mol. The van der Waals surface area contributed by atoms with Crippen LogP contribution in [-0.4, -0.2) is 16.1 Å². The van der Waals surface area contributed by atoms with Gasteiger partial charge in [-0.3, -0.25) is 0 Å². The van der Waals surface area contributed by atoms with Crippen molar-refractivity contribution in [1.29, 1.82) is 0 Å². The second-order valence-electron chi connectivity index (χ2n) is 4.61. The van der Waals surface area contributed by atoms with E-state index in [1.807, 2.05) is 24.3 Å². The molecule has 0 fully saturated rings. The number of nitrogens with zero attached hydrogens (tertiary/aromatic N) is 1. The summed E-state index contributed by atoms with van der Waals surface area (Å²) in [5, 5.41) is 9.03. The summed E-state index contributed by atoms with van der Waals surface area (Å²) in [7, 11) is 0. The van der Waals surface area contributed by atoms with Gasteiger partial charge in [0.05, 0.1) is 5.02 Å². The Hall–Kier alpha value is -2.07. The van der Waals surface area contributed by atoms with E-state index in [9.17, 15) is 4.79 Å². The molecule has 0 amide bonds. The number of pyridine rings is 1. The summed E-state index contributed by atoms with van der Waals surface area (Å²) in [5.41, 5.74) is 0.982. The molecule has 0 atom stereocenters. The number of carboxylic acid groups (broad SMARTS) is 1. The van der Waals surface area contributed by atoms with Crippen LogP contribution in [0.4, 0.5) is 0 Å². The molecule has 1 aromatic heterocycles. The second kappa shape index (κ2) is 5.92. The van der Waals surface area contributed by atoms with Crippen molar-refractivity contribution in [2.75, 3.05) is 0 Å². The van der Waals surface area contributed by atoms with Crippen LogP contribution >= 0.6 is 11.6 Å². The van der Waals surface area contributed by atoms with Crippen molar-refractivity contribution in [2.24, 2.45) is 0 Å². The van der Waals surface area contributed by atoms with Gasteiger partial charge in [0.2, 0.25) is 5.88 Å². The van der Waals surface area contributed by atoms with E-state index in [1.165, 1.54) is 17.7 Å². The van der Waals surface area contributed by atoms with Gasteiger partial charge in [0, 0.05) is 6.07 Å². The number of aromatic carboxylic acids is 1. The Morgan fingerprint density at radius 2 is 1.85 bits per heavy atom. The van der Waals surface area contributed by atoms with Crippen LogP contribution < -0.4 is 4.74 Å². The van der Waals surface area contributed by atoms with Crippen molar-refractivity contribution in [1.82, 2.24) is 4.98 Å². The Bertz CT molecular complexity index is 624. The number of halogens is 1. The lowest BCUT2D eigenvalue weighted by molar-refractivity contribution is 0.0690. The number of carboxylic acids is 1. The Morgan fingerprint density at radius 1 is 1.20 bits per heavy atom. The van der Waals surface area contributed by atoms with Gasteiger partial charge in [-0.1, -0.05) is 37.6 Å². The highest BCUT2D eigenvalue weighted by atomic mass is 35.5. The first kappa shape index (κ1) is 14.3. The predicted molar refractivity (Wildman–Crippen MR) is 76.8 cm³/mol. The van der Waals surface area contributed by atoms with E-state index in [2.05, 4.69) is 18.8 Å². The minimum atomic E-state index is -1.18. The Labute approximate surface area is 122 Å². The molecule has 0 aliphatic carbocycles. The lowest BCUT2D eigenvalue weighted by Gasteiger charge is -2.08. The van der Waals surface area contributed by atoms with Gasteiger partial charge in [0.25, 0.3) is 0 Å². The molecule has 2 rings (SSSR count). The fourth-order valence-electron chi connectivity index (χ4n) is 1.67. The van der Waals surface area contributed by atoms with Gasteiger partial charge in [-0.25, -0.2) is 9.78 Å². The fraction of sp³-hybridized carbons (Fsp3) is 0.200. The van der Waals surface area contributed by atoms with Crippen molar-refractivity contribution in [2.45, 2.75) is 19.8 Å². The smallest absolute Gasteiger partial charge is 0.356 e. The summed E-state index contributed by atoms with van der Waals surface area (Å²) in [5.74, 6) is 0.0524. The largest absolute Gasteiger partial charge is 0.476 e. The molecule has 0 radical (unpaired) electrons. The third-order valence-corrected chi connectivity index (χ3v) is 3.10. The molecule has 4 nitrogen and oxygen atoms in total. The molecule has 104 valence electrons. The van der Waals surface area contributed by atoms with E-state index in [1.54, 1.807) is 0 Å². The zero-order chi connectivity index (χ0) is 14.7. The Morgan fingerprint density at radius 3 is 2.40 bits per heavy atom. The van der Waals surface area contributed by atoms with E-state index in [-0.39, 0.29) is 16.6 Å². The lowest BCUT2D eigenvalue weighted by Crippen LogP contribution is -2.02. The maximum atomic E-state index is 10.9. The molecule has 1 N–H and O–H groups in total. The molecule has 0 aliphatic rings. The van der Waals surface area contributed by atoms with Crippen LogP contribution in [0.2, 0.25) is 5.02 Å². The summed E-state index contributed by atoms with van der Waals surface area (Å²) in [6, 6.07) is 10.6. The first-order valence-electron chi connectivity index (χ1n) is 6.15. The van der Waals surface area contributed by atoms with E-state index < -0.39 is 5.97 Å². The number of ether oxygens (including phenoxy) is 1. The maximum absolute atomic E-state index is 10.9. The first-order chi connectivity index (χ1) is 9.47. The topological polar surface area (TPSA) is 59.4 Å². The molecule has 5 heteroatoms. The molecule has 1 heterocycles. The van der Waals surface area contributed by atoms with Crippen LogP contribution in [0.1, 0.15) is 35.8 Å². The highest BCUT2D eigenvalue weighted by Gasteiger charge is 2.12. The molecule has 0 unspecified atom stereocenters. The van der Waals surface area contributed by atoms with Crippen LogP contribution in [0.15, 0.2) is 36.4 Å². The molecule has 0 saturated heterocycles. The van der Waals surface area contributed by atoms with Gasteiger partial charge in [0.15, 0.2) is 5.69 Å². The number of hydrogen-bond acceptors (Lipinski definition) is 3. The monoisotopic (exact) mass is 291 g/mol. The third kappa shape index (κ3) is 3.27. The third-order valence-electron chi connectivity index (χ3n) is 2.79. The van der Waals surface area contributed by atoms with Crippen molar-refractivity contribution in [3.63, 3.8) is 0 Å². The zero-order valence-electron chi connectivity index (χ0n) is 11.1. The fourth-order valence-corrected chi connectivity index (χ4v) is 1.86. The van der Waals surface area contributed by atoms with Crippen LogP contribution in [0.25, 0.3) is 0 Å². The molecule has 2 aromatic rings. The standard InChI is InChI=1S/C15H14ClNO3/c1-9(2)10-3-5-11(6-4-10)20-13-8-7-12(16)14(17-13)15(18)19/h3-9H,1-2H3,(H,18,19).